The van der Waals surface area contributed by atoms with E-state index < -0.39 is 0 Å². The molecule has 0 aromatic rings. The zero-order valence-electron chi connectivity index (χ0n) is 4.62. The van der Waals surface area contributed by atoms with Crippen molar-refractivity contribution >= 4 is 12.4 Å². The fourth-order valence-corrected chi connectivity index (χ4v) is 1.14. The van der Waals surface area contributed by atoms with Gasteiger partial charge < -0.3 is 0 Å². The molecule has 3 rings (SSSR count). The average Bonchev–Trinajstić information content (AvgIpc) is 1.92. The van der Waals surface area contributed by atoms with Crippen LogP contribution in [0.15, 0.2) is 9.98 Å². The molecule has 2 atom stereocenters. The molecule has 0 aliphatic carbocycles. The van der Waals surface area contributed by atoms with Crippen LogP contribution in [0.1, 0.15) is 12.8 Å². The Morgan fingerprint density at radius 1 is 1.00 bits per heavy atom. The molecular weight excluding hydrogens is 100 g/mol. The molecule has 2 unspecified atom stereocenters. The van der Waals surface area contributed by atoms with E-state index >= 15 is 0 Å². The van der Waals surface area contributed by atoms with Crippen LogP contribution in [0.3, 0.4) is 0 Å². The van der Waals surface area contributed by atoms with Crippen molar-refractivity contribution in [3.8, 4) is 0 Å². The summed E-state index contributed by atoms with van der Waals surface area (Å²) in [4.78, 5) is 8.45. The van der Waals surface area contributed by atoms with Crippen molar-refractivity contribution in [2.24, 2.45) is 9.98 Å². The molecule has 42 valence electrons. The first kappa shape index (κ1) is 4.24. The maximum atomic E-state index is 4.22. The zero-order valence-corrected chi connectivity index (χ0v) is 4.62. The fraction of sp³-hybridized carbons (Fsp3) is 0.667. The first-order valence-electron chi connectivity index (χ1n) is 3.02. The van der Waals surface area contributed by atoms with E-state index in [4.69, 9.17) is 0 Å². The van der Waals surface area contributed by atoms with Gasteiger partial charge in [-0.3, -0.25) is 9.98 Å². The summed E-state index contributed by atoms with van der Waals surface area (Å²) in [6.45, 7) is 0. The number of nitrogens with zero attached hydrogens (tertiary/aromatic N) is 2. The number of aliphatic imine (C=N–C) groups is 2. The van der Waals surface area contributed by atoms with Gasteiger partial charge in [-0.1, -0.05) is 0 Å². The maximum absolute atomic E-state index is 4.22. The molecule has 0 radical (unpaired) electrons. The topological polar surface area (TPSA) is 24.7 Å². The minimum absolute atomic E-state index is 0.431. The Balaban J connectivity index is 2.31. The summed E-state index contributed by atoms with van der Waals surface area (Å²) in [5.41, 5.74) is 0. The van der Waals surface area contributed by atoms with Crippen LogP contribution in [0.25, 0.3) is 0 Å². The van der Waals surface area contributed by atoms with Crippen molar-refractivity contribution in [1.82, 2.24) is 0 Å². The smallest absolute Gasteiger partial charge is 0.0844 e. The molecule has 0 saturated heterocycles. The minimum atomic E-state index is 0.431. The fourth-order valence-electron chi connectivity index (χ4n) is 1.14. The van der Waals surface area contributed by atoms with Crippen LogP contribution in [0, 0.1) is 0 Å². The minimum Gasteiger partial charge on any atom is -0.286 e. The monoisotopic (exact) mass is 108 g/mol. The Morgan fingerprint density at radius 3 is 1.62 bits per heavy atom. The summed E-state index contributed by atoms with van der Waals surface area (Å²) in [6.07, 6.45) is 6.36. The SMILES string of the molecule is C1=NC2C=NC1CC2. The molecule has 0 aromatic heterocycles. The van der Waals surface area contributed by atoms with E-state index in [9.17, 15) is 0 Å². The van der Waals surface area contributed by atoms with Crippen LogP contribution in [0.4, 0.5) is 0 Å². The molecule has 0 saturated carbocycles. The van der Waals surface area contributed by atoms with Gasteiger partial charge in [-0.2, -0.15) is 0 Å². The molecule has 0 amide bonds. The summed E-state index contributed by atoms with van der Waals surface area (Å²) in [5, 5.41) is 0. The molecule has 0 N–H and O–H groups in total. The molecule has 0 spiro atoms. The molecule has 0 fully saturated rings. The van der Waals surface area contributed by atoms with Gasteiger partial charge in [-0.05, 0) is 12.8 Å². The summed E-state index contributed by atoms with van der Waals surface area (Å²) in [5.74, 6) is 0. The van der Waals surface area contributed by atoms with Gasteiger partial charge in [0.25, 0.3) is 0 Å². The Morgan fingerprint density at radius 2 is 1.50 bits per heavy atom. The third-order valence-corrected chi connectivity index (χ3v) is 1.66. The quantitative estimate of drug-likeness (QED) is 0.436. The highest BCUT2D eigenvalue weighted by atomic mass is 14.9. The second-order valence-corrected chi connectivity index (χ2v) is 2.31. The van der Waals surface area contributed by atoms with Crippen LogP contribution in [-0.4, -0.2) is 24.5 Å². The predicted molar refractivity (Wildman–Crippen MR) is 33.8 cm³/mol. The number of hydrogen-bond acceptors (Lipinski definition) is 2. The molecule has 0 aromatic carbocycles. The van der Waals surface area contributed by atoms with E-state index in [0.717, 1.165) is 0 Å². The lowest BCUT2D eigenvalue weighted by Gasteiger charge is -2.21. The highest BCUT2D eigenvalue weighted by Gasteiger charge is 2.18. The van der Waals surface area contributed by atoms with Crippen molar-refractivity contribution in [2.45, 2.75) is 24.9 Å². The van der Waals surface area contributed by atoms with Gasteiger partial charge >= 0.3 is 0 Å². The standard InChI is InChI=1S/C6H8N2/c1-2-6-4-7-5(1)3-8-6/h3-6H,1-2H2. The Labute approximate surface area is 48.3 Å². The second kappa shape index (κ2) is 1.41. The molecular formula is C6H8N2. The van der Waals surface area contributed by atoms with Crippen LogP contribution in [-0.2, 0) is 0 Å². The number of rotatable bonds is 0. The second-order valence-electron chi connectivity index (χ2n) is 2.31. The van der Waals surface area contributed by atoms with Crippen molar-refractivity contribution in [1.29, 1.82) is 0 Å². The maximum Gasteiger partial charge on any atom is 0.0844 e. The van der Waals surface area contributed by atoms with Crippen molar-refractivity contribution in [3.63, 3.8) is 0 Å². The summed E-state index contributed by atoms with van der Waals surface area (Å²) >= 11 is 0. The van der Waals surface area contributed by atoms with Gasteiger partial charge in [0.15, 0.2) is 0 Å². The van der Waals surface area contributed by atoms with Gasteiger partial charge in [0.1, 0.15) is 0 Å². The zero-order chi connectivity index (χ0) is 5.40. The van der Waals surface area contributed by atoms with E-state index in [2.05, 4.69) is 9.98 Å². The molecule has 8 heavy (non-hydrogen) atoms. The molecule has 3 aliphatic heterocycles. The molecule has 2 nitrogen and oxygen atoms in total. The summed E-state index contributed by atoms with van der Waals surface area (Å²) < 4.78 is 0. The highest BCUT2D eigenvalue weighted by molar-refractivity contribution is 5.79. The molecule has 2 bridgehead atoms. The molecule has 3 aliphatic rings. The lowest BCUT2D eigenvalue weighted by Crippen LogP contribution is -2.26. The third-order valence-electron chi connectivity index (χ3n) is 1.66. The first-order valence-corrected chi connectivity index (χ1v) is 3.02. The van der Waals surface area contributed by atoms with Crippen molar-refractivity contribution in [3.05, 3.63) is 0 Å². The van der Waals surface area contributed by atoms with Gasteiger partial charge in [0.2, 0.25) is 0 Å². The Hall–Kier alpha value is -0.660. The highest BCUT2D eigenvalue weighted by Crippen LogP contribution is 2.15. The average molecular weight is 108 g/mol. The molecule has 2 heteroatoms. The number of hydrogen-bond donors (Lipinski definition) is 0. The van der Waals surface area contributed by atoms with Crippen LogP contribution in [0.5, 0.6) is 0 Å². The lowest BCUT2D eigenvalue weighted by molar-refractivity contribution is 0.605. The summed E-state index contributed by atoms with van der Waals surface area (Å²) in [7, 11) is 0. The lowest BCUT2D eigenvalue weighted by atomic mass is 10.0. The first-order chi connectivity index (χ1) is 3.95. The van der Waals surface area contributed by atoms with E-state index in [1.165, 1.54) is 12.8 Å². The largest absolute Gasteiger partial charge is 0.286 e. The van der Waals surface area contributed by atoms with E-state index in [-0.39, 0.29) is 0 Å². The van der Waals surface area contributed by atoms with Crippen molar-refractivity contribution < 1.29 is 0 Å². The van der Waals surface area contributed by atoms with E-state index in [0.29, 0.717) is 12.1 Å². The van der Waals surface area contributed by atoms with Crippen LogP contribution >= 0.6 is 0 Å². The third kappa shape index (κ3) is 0.489. The van der Waals surface area contributed by atoms with Crippen LogP contribution in [0.2, 0.25) is 0 Å². The Kier molecular flexibility index (Phi) is 0.745. The van der Waals surface area contributed by atoms with E-state index in [1.807, 2.05) is 12.4 Å². The molecule has 3 heterocycles. The summed E-state index contributed by atoms with van der Waals surface area (Å²) in [6, 6.07) is 0.861. The number of fused-ring (bicyclic) bond motifs is 1. The predicted octanol–water partition coefficient (Wildman–Crippen LogP) is 0.673. The van der Waals surface area contributed by atoms with Gasteiger partial charge in [0.05, 0.1) is 12.1 Å². The van der Waals surface area contributed by atoms with Crippen molar-refractivity contribution in [2.75, 3.05) is 0 Å². The van der Waals surface area contributed by atoms with E-state index in [1.54, 1.807) is 0 Å². The van der Waals surface area contributed by atoms with Crippen LogP contribution < -0.4 is 0 Å². The van der Waals surface area contributed by atoms with Gasteiger partial charge in [0, 0.05) is 12.4 Å². The normalized spacial score (nSPS) is 41.0. The van der Waals surface area contributed by atoms with Gasteiger partial charge in [-0.15, -0.1) is 0 Å². The van der Waals surface area contributed by atoms with Gasteiger partial charge in [-0.25, -0.2) is 0 Å². The Bertz CT molecular complexity index is 119.